The van der Waals surface area contributed by atoms with Crippen LogP contribution in [-0.2, 0) is 41.7 Å². The van der Waals surface area contributed by atoms with Gasteiger partial charge in [-0.2, -0.15) is 0 Å². The van der Waals surface area contributed by atoms with Crippen molar-refractivity contribution in [2.24, 2.45) is 0 Å². The largest absolute Gasteiger partial charge is 0.497 e. The molecule has 0 saturated heterocycles. The van der Waals surface area contributed by atoms with Crippen molar-refractivity contribution in [3.8, 4) is 11.5 Å². The summed E-state index contributed by atoms with van der Waals surface area (Å²) in [5, 5.41) is 5.19. The molecule has 0 aliphatic heterocycles. The van der Waals surface area contributed by atoms with E-state index in [2.05, 4.69) is 10.6 Å². The molecule has 0 aliphatic carbocycles. The lowest BCUT2D eigenvalue weighted by atomic mass is 10.2. The molecule has 2 N–H and O–H groups in total. The zero-order chi connectivity index (χ0) is 24.8. The number of hydrogen-bond donors (Lipinski definition) is 2. The quantitative estimate of drug-likeness (QED) is 0.351. The minimum Gasteiger partial charge on any atom is -0.497 e. The normalized spacial score (nSPS) is 10.3. The zero-order valence-corrected chi connectivity index (χ0v) is 18.9. The summed E-state index contributed by atoms with van der Waals surface area (Å²) in [6.07, 6.45) is 1.63. The van der Waals surface area contributed by atoms with Crippen molar-refractivity contribution < 1.29 is 38.1 Å². The molecule has 2 amide bonds. The van der Waals surface area contributed by atoms with E-state index in [0.29, 0.717) is 11.5 Å². The number of rotatable bonds is 12. The van der Waals surface area contributed by atoms with Gasteiger partial charge in [0.15, 0.2) is 13.2 Å². The number of ether oxygens (including phenoxy) is 4. The molecule has 0 saturated carbocycles. The minimum absolute atomic E-state index is 0.253. The van der Waals surface area contributed by atoms with E-state index >= 15 is 0 Å². The second kappa shape index (κ2) is 13.9. The summed E-state index contributed by atoms with van der Waals surface area (Å²) >= 11 is 0. The average molecular weight is 470 g/mol. The maximum atomic E-state index is 11.8. The van der Waals surface area contributed by atoms with Gasteiger partial charge < -0.3 is 29.6 Å². The Hall–Kier alpha value is -4.34. The van der Waals surface area contributed by atoms with E-state index in [1.807, 2.05) is 0 Å². The van der Waals surface area contributed by atoms with Crippen molar-refractivity contribution in [3.63, 3.8) is 0 Å². The molecule has 2 aromatic carbocycles. The summed E-state index contributed by atoms with van der Waals surface area (Å²) in [5.74, 6) is -1.42. The van der Waals surface area contributed by atoms with Crippen LogP contribution in [0.4, 0.5) is 0 Å². The summed E-state index contributed by atoms with van der Waals surface area (Å²) in [4.78, 5) is 46.8. The Labute approximate surface area is 196 Å². The highest BCUT2D eigenvalue weighted by Gasteiger charge is 2.08. The van der Waals surface area contributed by atoms with E-state index in [9.17, 15) is 19.2 Å². The van der Waals surface area contributed by atoms with Gasteiger partial charge in [-0.25, -0.2) is 9.59 Å². The van der Waals surface area contributed by atoms with Gasteiger partial charge in [-0.05, 0) is 35.4 Å². The number of esters is 2. The van der Waals surface area contributed by atoms with Crippen LogP contribution >= 0.6 is 0 Å². The first-order valence-corrected chi connectivity index (χ1v) is 10.2. The predicted molar refractivity (Wildman–Crippen MR) is 121 cm³/mol. The molecule has 0 fully saturated rings. The smallest absolute Gasteiger partial charge is 0.331 e. The van der Waals surface area contributed by atoms with Gasteiger partial charge >= 0.3 is 11.9 Å². The number of nitrogens with one attached hydrogen (secondary N) is 2. The monoisotopic (exact) mass is 470 g/mol. The average Bonchev–Trinajstić information content (AvgIpc) is 2.87. The molecule has 180 valence electrons. The molecular weight excluding hydrogens is 444 g/mol. The predicted octanol–water partition coefficient (Wildman–Crippen LogP) is 1.28. The Balaban J connectivity index is 1.60. The second-order valence-electron chi connectivity index (χ2n) is 6.80. The van der Waals surface area contributed by atoms with Gasteiger partial charge in [-0.3, -0.25) is 9.59 Å². The number of carbonyl (C=O) groups excluding carboxylic acids is 4. The van der Waals surface area contributed by atoms with Gasteiger partial charge in [0, 0.05) is 25.2 Å². The standard InChI is InChI=1S/C24H26N2O8/c1-31-19-7-3-17(4-8-19)13-25-21(27)15-33-23(29)11-12-24(30)34-16-22(28)26-14-18-5-9-20(32-2)10-6-18/h3-12H,13-16H2,1-2H3,(H,25,27)(H,26,28). The number of benzene rings is 2. The molecule has 0 aliphatic rings. The van der Waals surface area contributed by atoms with Gasteiger partial charge in [-0.1, -0.05) is 24.3 Å². The van der Waals surface area contributed by atoms with Crippen LogP contribution in [0.3, 0.4) is 0 Å². The summed E-state index contributed by atoms with van der Waals surface area (Å²) in [5.41, 5.74) is 1.69. The minimum atomic E-state index is -0.902. The topological polar surface area (TPSA) is 129 Å². The molecule has 0 aromatic heterocycles. The molecule has 10 heteroatoms. The van der Waals surface area contributed by atoms with Crippen molar-refractivity contribution >= 4 is 23.8 Å². The van der Waals surface area contributed by atoms with Crippen molar-refractivity contribution in [1.29, 1.82) is 0 Å². The van der Waals surface area contributed by atoms with Gasteiger partial charge in [0.1, 0.15) is 11.5 Å². The highest BCUT2D eigenvalue weighted by atomic mass is 16.5. The maximum absolute atomic E-state index is 11.8. The number of methoxy groups -OCH3 is 2. The molecule has 0 spiro atoms. The first-order valence-electron chi connectivity index (χ1n) is 10.2. The Kier molecular flexibility index (Phi) is 10.6. The van der Waals surface area contributed by atoms with E-state index in [0.717, 1.165) is 23.3 Å². The van der Waals surface area contributed by atoms with E-state index in [4.69, 9.17) is 18.9 Å². The van der Waals surface area contributed by atoms with Crippen LogP contribution in [0.15, 0.2) is 60.7 Å². The molecular formula is C24H26N2O8. The molecule has 0 bridgehead atoms. The van der Waals surface area contributed by atoms with Crippen LogP contribution in [0.2, 0.25) is 0 Å². The molecule has 34 heavy (non-hydrogen) atoms. The van der Waals surface area contributed by atoms with Gasteiger partial charge in [0.25, 0.3) is 11.8 Å². The van der Waals surface area contributed by atoms with E-state index < -0.39 is 37.0 Å². The highest BCUT2D eigenvalue weighted by Crippen LogP contribution is 2.11. The fraction of sp³-hybridized carbons (Fsp3) is 0.250. The lowest BCUT2D eigenvalue weighted by Crippen LogP contribution is -2.28. The Morgan fingerprint density at radius 1 is 0.647 bits per heavy atom. The maximum Gasteiger partial charge on any atom is 0.331 e. The van der Waals surface area contributed by atoms with Gasteiger partial charge in [0.05, 0.1) is 14.2 Å². The highest BCUT2D eigenvalue weighted by molar-refractivity contribution is 5.93. The molecule has 10 nitrogen and oxygen atoms in total. The Morgan fingerprint density at radius 2 is 1.00 bits per heavy atom. The SMILES string of the molecule is COc1ccc(CNC(=O)COC(=O)C=CC(=O)OCC(=O)NCc2ccc(OC)cc2)cc1. The van der Waals surface area contributed by atoms with Gasteiger partial charge in [-0.15, -0.1) is 0 Å². The third kappa shape index (κ3) is 9.86. The van der Waals surface area contributed by atoms with Crippen LogP contribution in [0.1, 0.15) is 11.1 Å². The molecule has 0 atom stereocenters. The fourth-order valence-corrected chi connectivity index (χ4v) is 2.50. The summed E-state index contributed by atoms with van der Waals surface area (Å²) in [6, 6.07) is 14.2. The van der Waals surface area contributed by atoms with Crippen molar-refractivity contribution in [2.75, 3.05) is 27.4 Å². The lowest BCUT2D eigenvalue weighted by molar-refractivity contribution is -0.145. The fourth-order valence-electron chi connectivity index (χ4n) is 2.50. The van der Waals surface area contributed by atoms with Crippen LogP contribution in [0.25, 0.3) is 0 Å². The van der Waals surface area contributed by atoms with Crippen molar-refractivity contribution in [1.82, 2.24) is 10.6 Å². The zero-order valence-electron chi connectivity index (χ0n) is 18.9. The van der Waals surface area contributed by atoms with Crippen LogP contribution < -0.4 is 20.1 Å². The summed E-state index contributed by atoms with van der Waals surface area (Å²) in [7, 11) is 3.11. The molecule has 0 radical (unpaired) electrons. The molecule has 0 heterocycles. The molecule has 2 aromatic rings. The summed E-state index contributed by atoms with van der Waals surface area (Å²) in [6.45, 7) is -0.517. The molecule has 0 unspecified atom stereocenters. The Bertz CT molecular complexity index is 919. The first-order chi connectivity index (χ1) is 16.4. The summed E-state index contributed by atoms with van der Waals surface area (Å²) < 4.78 is 19.6. The van der Waals surface area contributed by atoms with Gasteiger partial charge in [0.2, 0.25) is 0 Å². The van der Waals surface area contributed by atoms with E-state index in [1.165, 1.54) is 0 Å². The number of carbonyl (C=O) groups is 4. The second-order valence-corrected chi connectivity index (χ2v) is 6.80. The first kappa shape index (κ1) is 25.9. The van der Waals surface area contributed by atoms with Crippen LogP contribution in [0.5, 0.6) is 11.5 Å². The van der Waals surface area contributed by atoms with E-state index in [-0.39, 0.29) is 13.1 Å². The van der Waals surface area contributed by atoms with Crippen LogP contribution in [-0.4, -0.2) is 51.2 Å². The molecule has 2 rings (SSSR count). The number of amides is 2. The third-order valence-electron chi connectivity index (χ3n) is 4.34. The third-order valence-corrected chi connectivity index (χ3v) is 4.34. The van der Waals surface area contributed by atoms with Crippen molar-refractivity contribution in [2.45, 2.75) is 13.1 Å². The van der Waals surface area contributed by atoms with Crippen molar-refractivity contribution in [3.05, 3.63) is 71.8 Å². The Morgan fingerprint density at radius 3 is 1.32 bits per heavy atom. The number of hydrogen-bond acceptors (Lipinski definition) is 8. The van der Waals surface area contributed by atoms with Crippen LogP contribution in [0, 0.1) is 0 Å². The van der Waals surface area contributed by atoms with E-state index in [1.54, 1.807) is 62.8 Å². The lowest BCUT2D eigenvalue weighted by Gasteiger charge is -2.07.